The van der Waals surface area contributed by atoms with Crippen molar-refractivity contribution < 1.29 is 18.1 Å². The van der Waals surface area contributed by atoms with Gasteiger partial charge in [-0.05, 0) is 13.0 Å². The van der Waals surface area contributed by atoms with E-state index >= 15 is 0 Å². The van der Waals surface area contributed by atoms with Gasteiger partial charge in [0.25, 0.3) is 0 Å². The van der Waals surface area contributed by atoms with Crippen LogP contribution in [0.4, 0.5) is 30.5 Å². The summed E-state index contributed by atoms with van der Waals surface area (Å²) >= 11 is 0. The van der Waals surface area contributed by atoms with Crippen molar-refractivity contribution >= 4 is 17.3 Å². The highest BCUT2D eigenvalue weighted by molar-refractivity contribution is 5.61. The number of rotatable bonds is 5. The minimum Gasteiger partial charge on any atom is -0.373 e. The molecule has 9 heteroatoms. The fraction of sp³-hybridized carbons (Fsp3) is 0.500. The Labute approximate surface area is 107 Å². The monoisotopic (exact) mass is 278 g/mol. The summed E-state index contributed by atoms with van der Waals surface area (Å²) in [5.74, 6) is -0.0297. The molecule has 1 N–H and O–H groups in total. The average Bonchev–Trinajstić information content (AvgIpc) is 2.33. The zero-order chi connectivity index (χ0) is 14.6. The smallest absolute Gasteiger partial charge is 0.373 e. The van der Waals surface area contributed by atoms with E-state index in [2.05, 4.69) is 10.3 Å². The number of alkyl halides is 3. The third-order valence-electron chi connectivity index (χ3n) is 2.36. The van der Waals surface area contributed by atoms with Crippen molar-refractivity contribution in [2.45, 2.75) is 13.1 Å². The number of nitrogens with one attached hydrogen (secondary N) is 1. The van der Waals surface area contributed by atoms with E-state index < -0.39 is 23.3 Å². The molecule has 0 spiro atoms. The van der Waals surface area contributed by atoms with Crippen LogP contribution in [0.5, 0.6) is 0 Å². The molecule has 0 unspecified atom stereocenters. The second kappa shape index (κ2) is 5.72. The second-order valence-electron chi connectivity index (χ2n) is 3.68. The van der Waals surface area contributed by atoms with Crippen LogP contribution >= 0.6 is 0 Å². The lowest BCUT2D eigenvalue weighted by molar-refractivity contribution is -0.384. The predicted octanol–water partition coefficient (Wildman–Crippen LogP) is 2.42. The first-order chi connectivity index (χ1) is 8.78. The van der Waals surface area contributed by atoms with Gasteiger partial charge in [-0.2, -0.15) is 13.2 Å². The van der Waals surface area contributed by atoms with Gasteiger partial charge in [0.05, 0.1) is 4.92 Å². The van der Waals surface area contributed by atoms with Gasteiger partial charge >= 0.3 is 11.9 Å². The summed E-state index contributed by atoms with van der Waals surface area (Å²) in [4.78, 5) is 14.8. The van der Waals surface area contributed by atoms with Crippen LogP contribution in [0.2, 0.25) is 0 Å². The van der Waals surface area contributed by atoms with E-state index in [1.54, 1.807) is 0 Å². The maximum atomic E-state index is 12.4. The third-order valence-corrected chi connectivity index (χ3v) is 2.36. The molecule has 1 heterocycles. The van der Waals surface area contributed by atoms with Gasteiger partial charge < -0.3 is 10.2 Å². The first-order valence-electron chi connectivity index (χ1n) is 5.43. The number of nitro groups is 1. The quantitative estimate of drug-likeness (QED) is 0.661. The minimum absolute atomic E-state index is 0.0412. The Balaban J connectivity index is 3.23. The van der Waals surface area contributed by atoms with Crippen LogP contribution in [0, 0.1) is 10.1 Å². The topological polar surface area (TPSA) is 71.3 Å². The fourth-order valence-corrected chi connectivity index (χ4v) is 1.51. The van der Waals surface area contributed by atoms with E-state index in [1.807, 2.05) is 0 Å². The molecule has 0 aliphatic rings. The van der Waals surface area contributed by atoms with Gasteiger partial charge in [-0.3, -0.25) is 10.1 Å². The normalized spacial score (nSPS) is 11.2. The molecule has 6 nitrogen and oxygen atoms in total. The summed E-state index contributed by atoms with van der Waals surface area (Å²) < 4.78 is 37.3. The summed E-state index contributed by atoms with van der Waals surface area (Å²) in [6, 6.07) is 2.47. The highest BCUT2D eigenvalue weighted by atomic mass is 19.4. The summed E-state index contributed by atoms with van der Waals surface area (Å²) in [6.07, 6.45) is -4.46. The molecule has 0 atom stereocenters. The van der Waals surface area contributed by atoms with Gasteiger partial charge in [0.1, 0.15) is 12.4 Å². The van der Waals surface area contributed by atoms with Crippen LogP contribution in [0.25, 0.3) is 0 Å². The lowest BCUT2D eigenvalue weighted by atomic mass is 10.3. The lowest BCUT2D eigenvalue weighted by Gasteiger charge is -2.23. The number of nitrogens with zero attached hydrogens (tertiary/aromatic N) is 3. The molecule has 0 saturated carbocycles. The van der Waals surface area contributed by atoms with E-state index in [0.717, 1.165) is 11.0 Å². The molecule has 0 aromatic carbocycles. The first kappa shape index (κ1) is 15.0. The zero-order valence-corrected chi connectivity index (χ0v) is 10.4. The lowest BCUT2D eigenvalue weighted by Crippen LogP contribution is -2.35. The van der Waals surface area contributed by atoms with Crippen molar-refractivity contribution in [1.82, 2.24) is 4.98 Å². The Morgan fingerprint density at radius 1 is 1.47 bits per heavy atom. The Morgan fingerprint density at radius 3 is 2.53 bits per heavy atom. The average molecular weight is 278 g/mol. The van der Waals surface area contributed by atoms with Crippen LogP contribution in [0.1, 0.15) is 6.92 Å². The molecule has 19 heavy (non-hydrogen) atoms. The first-order valence-corrected chi connectivity index (χ1v) is 5.43. The van der Waals surface area contributed by atoms with Gasteiger partial charge in [-0.15, -0.1) is 0 Å². The maximum absolute atomic E-state index is 12.4. The number of hydrogen-bond donors (Lipinski definition) is 1. The Kier molecular flexibility index (Phi) is 4.52. The van der Waals surface area contributed by atoms with Crippen molar-refractivity contribution in [3.05, 3.63) is 22.2 Å². The molecule has 1 aromatic rings. The second-order valence-corrected chi connectivity index (χ2v) is 3.68. The zero-order valence-electron chi connectivity index (χ0n) is 10.4. The molecule has 0 aliphatic carbocycles. The van der Waals surface area contributed by atoms with E-state index in [0.29, 0.717) is 0 Å². The van der Waals surface area contributed by atoms with Crippen LogP contribution in [0.3, 0.4) is 0 Å². The minimum atomic E-state index is -4.46. The van der Waals surface area contributed by atoms with Crippen LogP contribution in [0.15, 0.2) is 12.1 Å². The Bertz CT molecular complexity index is 465. The van der Waals surface area contributed by atoms with Gasteiger partial charge in [0.2, 0.25) is 5.82 Å². The molecular weight excluding hydrogens is 265 g/mol. The van der Waals surface area contributed by atoms with Crippen LogP contribution < -0.4 is 10.2 Å². The van der Waals surface area contributed by atoms with E-state index in [9.17, 15) is 23.3 Å². The fourth-order valence-electron chi connectivity index (χ4n) is 1.51. The van der Waals surface area contributed by atoms with Crippen LogP contribution in [-0.4, -0.2) is 36.2 Å². The summed E-state index contributed by atoms with van der Waals surface area (Å²) in [5.41, 5.74) is -0.454. The highest BCUT2D eigenvalue weighted by Crippen LogP contribution is 2.29. The largest absolute Gasteiger partial charge is 0.405 e. The number of aromatic nitrogens is 1. The van der Waals surface area contributed by atoms with Gasteiger partial charge in [-0.25, -0.2) is 4.98 Å². The molecule has 0 aliphatic heterocycles. The summed E-state index contributed by atoms with van der Waals surface area (Å²) in [6.45, 7) is 0.147. The van der Waals surface area contributed by atoms with Crippen molar-refractivity contribution in [2.24, 2.45) is 0 Å². The van der Waals surface area contributed by atoms with E-state index in [1.165, 1.54) is 20.0 Å². The molecule has 1 aromatic heterocycles. The molecular formula is C10H13F3N4O2. The highest BCUT2D eigenvalue weighted by Gasteiger charge is 2.33. The SMILES string of the molecule is CCN(CC(F)(F)F)c1nc(NC)ccc1[N+](=O)[O-]. The molecule has 0 amide bonds. The van der Waals surface area contributed by atoms with Gasteiger partial charge in [0, 0.05) is 19.7 Å². The van der Waals surface area contributed by atoms with Crippen molar-refractivity contribution in [3.8, 4) is 0 Å². The number of pyridine rings is 1. The summed E-state index contributed by atoms with van der Waals surface area (Å²) in [7, 11) is 1.53. The maximum Gasteiger partial charge on any atom is 0.405 e. The van der Waals surface area contributed by atoms with Crippen molar-refractivity contribution in [3.63, 3.8) is 0 Å². The van der Waals surface area contributed by atoms with Gasteiger partial charge in [0.15, 0.2) is 0 Å². The summed E-state index contributed by atoms with van der Waals surface area (Å²) in [5, 5.41) is 13.5. The molecule has 0 fully saturated rings. The Morgan fingerprint density at radius 2 is 2.11 bits per heavy atom. The number of hydrogen-bond acceptors (Lipinski definition) is 5. The van der Waals surface area contributed by atoms with E-state index in [-0.39, 0.29) is 18.2 Å². The number of halogens is 3. The van der Waals surface area contributed by atoms with Gasteiger partial charge in [-0.1, -0.05) is 0 Å². The Hall–Kier alpha value is -2.06. The molecule has 1 rings (SSSR count). The molecule has 0 saturated heterocycles. The van der Waals surface area contributed by atoms with E-state index in [4.69, 9.17) is 0 Å². The molecule has 0 bridgehead atoms. The van der Waals surface area contributed by atoms with Crippen LogP contribution in [-0.2, 0) is 0 Å². The third kappa shape index (κ3) is 3.97. The standard InChI is InChI=1S/C10H13F3N4O2/c1-3-16(6-10(11,12)13)9-7(17(18)19)4-5-8(14-2)15-9/h4-5H,3,6H2,1-2H3,(H,14,15). The molecule has 106 valence electrons. The number of anilines is 2. The van der Waals surface area contributed by atoms with Crippen molar-refractivity contribution in [2.75, 3.05) is 30.4 Å². The predicted molar refractivity (Wildman–Crippen MR) is 64.4 cm³/mol. The molecule has 0 radical (unpaired) electrons. The van der Waals surface area contributed by atoms with Crippen molar-refractivity contribution in [1.29, 1.82) is 0 Å².